The predicted octanol–water partition coefficient (Wildman–Crippen LogP) is 25.1. The van der Waals surface area contributed by atoms with Gasteiger partial charge in [0.05, 0.1) is 104 Å². The first-order chi connectivity index (χ1) is 60.5. The molecule has 17 rings (SSSR count). The lowest BCUT2D eigenvalue weighted by Crippen LogP contribution is -2.41. The second-order valence-electron chi connectivity index (χ2n) is 31.1. The SMILES string of the molecule is C.CC(Br)c1ccnc(C(F)(F)F)c1.CC(c1ccnc(C(F)(F)F)c1)N1C(=O)c2cc(-c3ccnc(Cl)n3)sc2C1(C)C.CC(c1ccnc(C(F)(F)F)c1)N1C(=O)c2cc(-c3ccnc(Nc4ccnn4C)n3)sc2C1(C)C.CC(c1ccnc(C(F)(F)F)c1)N1C(=O)c2cc(Br)sc2C1(C)C.CC1(C)NC(=O)c2cc(Br)sc21.Clc1ccnc(Cl)n1.Cn1nccc1N. The summed E-state index contributed by atoms with van der Waals surface area (Å²) >= 11 is 32.5. The van der Waals surface area contributed by atoms with Crippen molar-refractivity contribution in [3.8, 4) is 21.1 Å². The fourth-order valence-electron chi connectivity index (χ4n) is 14.3. The number of carbonyl (C=O) groups is 4. The van der Waals surface area contributed by atoms with E-state index >= 15 is 0 Å². The van der Waals surface area contributed by atoms with E-state index in [-0.39, 0.29) is 52.0 Å². The number of amides is 4. The summed E-state index contributed by atoms with van der Waals surface area (Å²) in [5.74, 6) is 1.20. The van der Waals surface area contributed by atoms with Crippen molar-refractivity contribution in [1.29, 1.82) is 0 Å². The summed E-state index contributed by atoms with van der Waals surface area (Å²) in [7, 11) is 3.60. The third-order valence-electron chi connectivity index (χ3n) is 20.6. The molecule has 0 spiro atoms. The van der Waals surface area contributed by atoms with Gasteiger partial charge >= 0.3 is 24.7 Å². The number of nitrogens with zero attached hydrogens (tertiary/aromatic N) is 17. The van der Waals surface area contributed by atoms with Crippen LogP contribution in [0.25, 0.3) is 21.1 Å². The van der Waals surface area contributed by atoms with Gasteiger partial charge in [-0.2, -0.15) is 62.9 Å². The topological polar surface area (TPSA) is 293 Å². The number of rotatable bonds is 11. The third kappa shape index (κ3) is 23.4. The largest absolute Gasteiger partial charge is 0.433 e. The van der Waals surface area contributed by atoms with Gasteiger partial charge in [0.2, 0.25) is 16.5 Å². The van der Waals surface area contributed by atoms with Crippen molar-refractivity contribution < 1.29 is 71.9 Å². The van der Waals surface area contributed by atoms with E-state index in [2.05, 4.69) is 118 Å². The van der Waals surface area contributed by atoms with Crippen LogP contribution < -0.4 is 16.4 Å². The molecule has 24 nitrogen and oxygen atoms in total. The van der Waals surface area contributed by atoms with E-state index in [0.29, 0.717) is 67.3 Å². The zero-order valence-corrected chi connectivity index (χ0v) is 80.9. The van der Waals surface area contributed by atoms with Crippen molar-refractivity contribution in [3.63, 3.8) is 0 Å². The molecule has 13 aromatic rings. The van der Waals surface area contributed by atoms with Crippen molar-refractivity contribution in [1.82, 2.24) is 89.4 Å². The quantitative estimate of drug-likeness (QED) is 0.0469. The minimum absolute atomic E-state index is 0. The minimum Gasteiger partial charge on any atom is -0.384 e. The van der Waals surface area contributed by atoms with Gasteiger partial charge in [-0.25, -0.2) is 29.9 Å². The molecule has 0 radical (unpaired) electrons. The summed E-state index contributed by atoms with van der Waals surface area (Å²) in [6.07, 6.45) is -5.45. The summed E-state index contributed by atoms with van der Waals surface area (Å²) < 4.78 is 159. The first kappa shape index (κ1) is 103. The summed E-state index contributed by atoms with van der Waals surface area (Å²) in [6.45, 7) is 22.3. The third-order valence-corrected chi connectivity index (χ3v) is 28.5. The number of anilines is 3. The van der Waals surface area contributed by atoms with Crippen LogP contribution in [0.15, 0.2) is 166 Å². The molecule has 0 bridgehead atoms. The average molecular weight is 2150 g/mol. The monoisotopic (exact) mass is 2140 g/mol. The molecule has 0 saturated carbocycles. The van der Waals surface area contributed by atoms with E-state index in [0.717, 1.165) is 97.3 Å². The van der Waals surface area contributed by atoms with Gasteiger partial charge in [-0.1, -0.05) is 35.0 Å². The molecule has 0 saturated heterocycles. The van der Waals surface area contributed by atoms with Crippen LogP contribution >= 0.6 is 128 Å². The lowest BCUT2D eigenvalue weighted by atomic mass is 9.99. The number of fused-ring (bicyclic) bond motifs is 4. The number of nitrogens with one attached hydrogen (secondary N) is 2. The summed E-state index contributed by atoms with van der Waals surface area (Å²) in [4.78, 5) is 98.6. The Balaban J connectivity index is 0.000000169. The Morgan fingerprint density at radius 3 is 1.11 bits per heavy atom. The Labute approximate surface area is 799 Å². The van der Waals surface area contributed by atoms with Gasteiger partial charge in [-0.3, -0.25) is 48.5 Å². The Hall–Kier alpha value is -9.99. The molecular weight excluding hydrogens is 2070 g/mol. The Bertz CT molecular complexity index is 6300. The van der Waals surface area contributed by atoms with Crippen molar-refractivity contribution in [3.05, 3.63) is 269 Å². The van der Waals surface area contributed by atoms with E-state index in [1.807, 2.05) is 61.5 Å². The number of aromatic nitrogens is 14. The molecule has 4 aliphatic rings. The highest BCUT2D eigenvalue weighted by molar-refractivity contribution is 9.11. The van der Waals surface area contributed by atoms with Crippen LogP contribution in [-0.2, 0) is 61.0 Å². The van der Waals surface area contributed by atoms with Gasteiger partial charge in [0.15, 0.2) is 0 Å². The zero-order chi connectivity index (χ0) is 95.8. The number of hydrogen-bond donors (Lipinski definition) is 3. The molecule has 17 heterocycles. The Morgan fingerprint density at radius 2 is 0.779 bits per heavy atom. The molecule has 4 amide bonds. The molecule has 4 unspecified atom stereocenters. The number of halogens is 18. The van der Waals surface area contributed by atoms with Crippen LogP contribution in [0.4, 0.5) is 70.3 Å². The summed E-state index contributed by atoms with van der Waals surface area (Å²) in [6, 6.07) is 24.2. The van der Waals surface area contributed by atoms with Crippen LogP contribution in [0.3, 0.4) is 0 Å². The van der Waals surface area contributed by atoms with Crippen LogP contribution in [0.2, 0.25) is 15.7 Å². The van der Waals surface area contributed by atoms with Crippen molar-refractivity contribution >= 4 is 169 Å². The zero-order valence-electron chi connectivity index (χ0n) is 70.6. The van der Waals surface area contributed by atoms with Gasteiger partial charge in [-0.05, 0) is 257 Å². The molecule has 4 aliphatic heterocycles. The Morgan fingerprint density at radius 1 is 0.427 bits per heavy atom. The van der Waals surface area contributed by atoms with Gasteiger partial charge in [0.1, 0.15) is 39.6 Å². The van der Waals surface area contributed by atoms with Crippen molar-refractivity contribution in [2.24, 2.45) is 14.1 Å². The predicted molar refractivity (Wildman–Crippen MR) is 490 cm³/mol. The molecule has 4 N–H and O–H groups in total. The molecular formula is C85H80Br3Cl3F12N20O4S4. The number of thiophene rings is 4. The highest BCUT2D eigenvalue weighted by Crippen LogP contribution is 2.54. The van der Waals surface area contributed by atoms with Crippen LogP contribution in [-0.4, -0.2) is 108 Å². The standard InChI is InChI=1S/C24H22F3N7OS.C20H16ClF3N4OS.C16H14BrF3N2OS.C8H7BrF3N.C8H8BrNOS.C4H2Cl2N2.C4H7N3.CH4/c1-13(14-5-8-28-18(11-14)24(25,26)27)34-21(35)15-12-17(36-20(15)23(34,2)3)16-6-9-29-22(31-16)32-19-7-10-30-33(19)4;1-10(11-4-6-25-15(8-11)20(22,23)24)28-17(29)12-9-14(30-16(12)19(28,2)3)13-5-7-26-18(21)27-13;1-8(9-4-5-21-11(6-9)16(18,19)20)22-14(23)10-7-12(17)24-13(10)15(22,2)3;1-5(9)6-2-3-13-7(4-6)8(10,11)12;1-8(2)6-4(7(11)10-8)3-5(9)12-6;5-3-1-2-7-4(6)8-3;1-7-4(5)2-3-6-7;/h5-13H,1-4H3,(H,29,31,32);4-10H,1-3H3;4-8H,1-3H3;2-5H,1H3;3H,1-2H3,(H,10,11);1-2H;2-3H,5H2,1H3;1H4. The lowest BCUT2D eigenvalue weighted by Gasteiger charge is -2.37. The maximum atomic E-state index is 13.5. The molecule has 0 aliphatic carbocycles. The molecule has 694 valence electrons. The molecule has 0 fully saturated rings. The maximum Gasteiger partial charge on any atom is 0.433 e. The minimum atomic E-state index is -4.56. The van der Waals surface area contributed by atoms with Gasteiger partial charge in [0, 0.05) is 87.9 Å². The van der Waals surface area contributed by atoms with Gasteiger partial charge in [0.25, 0.3) is 23.6 Å². The first-order valence-corrected chi connectivity index (χ1v) is 45.3. The second kappa shape index (κ2) is 40.4. The first-order valence-electron chi connectivity index (χ1n) is 38.4. The van der Waals surface area contributed by atoms with E-state index in [1.165, 1.54) is 58.4 Å². The highest BCUT2D eigenvalue weighted by atomic mass is 79.9. The van der Waals surface area contributed by atoms with Crippen molar-refractivity contribution in [2.45, 2.75) is 160 Å². The van der Waals surface area contributed by atoms with Crippen molar-refractivity contribution in [2.75, 3.05) is 11.1 Å². The lowest BCUT2D eigenvalue weighted by molar-refractivity contribution is -0.142. The number of nitrogens with two attached hydrogens (primary N) is 1. The number of alkyl halides is 13. The van der Waals surface area contributed by atoms with Gasteiger partial charge in [-0.15, -0.1) is 45.3 Å². The number of carbonyl (C=O) groups excluding carboxylic acids is 4. The van der Waals surface area contributed by atoms with E-state index in [1.54, 1.807) is 157 Å². The fourth-order valence-corrected chi connectivity index (χ4v) is 20.9. The molecule has 13 aromatic heterocycles. The van der Waals surface area contributed by atoms with Gasteiger partial charge < -0.3 is 31.1 Å². The highest BCUT2D eigenvalue weighted by Gasteiger charge is 2.52. The normalized spacial score (nSPS) is 15.6. The van der Waals surface area contributed by atoms with E-state index in [9.17, 15) is 71.9 Å². The maximum absolute atomic E-state index is 13.5. The molecule has 4 atom stereocenters. The van der Waals surface area contributed by atoms with E-state index in [4.69, 9.17) is 40.5 Å². The molecule has 0 aromatic carbocycles. The summed E-state index contributed by atoms with van der Waals surface area (Å²) in [5, 5.41) is 14.6. The smallest absolute Gasteiger partial charge is 0.384 e. The second-order valence-corrected chi connectivity index (χ2v) is 40.5. The number of hydrogen-bond acceptors (Lipinski definition) is 22. The van der Waals surface area contributed by atoms with Crippen LogP contribution in [0.1, 0.15) is 219 Å². The van der Waals surface area contributed by atoms with E-state index < -0.39 is 82.2 Å². The van der Waals surface area contributed by atoms with Crippen LogP contribution in [0.5, 0.6) is 0 Å². The summed E-state index contributed by atoms with van der Waals surface area (Å²) in [5.41, 5.74) is 4.80. The fraction of sp³-hybridized carbons (Fsp3) is 0.318. The number of pyridine rings is 4. The molecule has 131 heavy (non-hydrogen) atoms. The number of aryl methyl sites for hydroxylation is 2. The van der Waals surface area contributed by atoms with Crippen LogP contribution in [0, 0.1) is 0 Å². The Kier molecular flexibility index (Phi) is 31.8. The molecule has 46 heteroatoms. The number of nitrogen functional groups attached to an aromatic ring is 1. The average Bonchev–Trinajstić information content (AvgIpc) is 1.58.